The molecule has 0 saturated heterocycles. The highest BCUT2D eigenvalue weighted by Gasteiger charge is 2.30. The van der Waals surface area contributed by atoms with Crippen molar-refractivity contribution in [2.45, 2.75) is 76.1 Å². The first-order valence-corrected chi connectivity index (χ1v) is 7.23. The van der Waals surface area contributed by atoms with Gasteiger partial charge in [0.25, 0.3) is 0 Å². The summed E-state index contributed by atoms with van der Waals surface area (Å²) in [5.41, 5.74) is 0. The molecule has 0 aliphatic heterocycles. The molecule has 4 nitrogen and oxygen atoms in total. The monoisotopic (exact) mass is 256 g/mol. The lowest BCUT2D eigenvalue weighted by Crippen LogP contribution is -2.34. The van der Waals surface area contributed by atoms with Crippen LogP contribution in [0.1, 0.15) is 57.8 Å². The third kappa shape index (κ3) is 3.69. The largest absolute Gasteiger partial charge is 0.481 e. The molecule has 0 radical (unpaired) electrons. The van der Waals surface area contributed by atoms with Crippen molar-refractivity contribution in [1.82, 2.24) is 0 Å². The van der Waals surface area contributed by atoms with E-state index in [1.165, 1.54) is 6.42 Å². The number of carboxylic acids is 1. The molecule has 2 N–H and O–H groups in total. The average molecular weight is 256 g/mol. The second-order valence-corrected chi connectivity index (χ2v) is 5.69. The highest BCUT2D eigenvalue weighted by molar-refractivity contribution is 5.70. The van der Waals surface area contributed by atoms with Crippen LogP contribution in [-0.4, -0.2) is 34.5 Å². The second kappa shape index (κ2) is 6.53. The summed E-state index contributed by atoms with van der Waals surface area (Å²) in [7, 11) is 0. The van der Waals surface area contributed by atoms with Crippen LogP contribution in [0.5, 0.6) is 0 Å². The van der Waals surface area contributed by atoms with Gasteiger partial charge in [-0.1, -0.05) is 19.3 Å². The van der Waals surface area contributed by atoms with Crippen molar-refractivity contribution < 1.29 is 19.7 Å². The molecule has 18 heavy (non-hydrogen) atoms. The topological polar surface area (TPSA) is 66.8 Å². The van der Waals surface area contributed by atoms with Crippen LogP contribution < -0.4 is 0 Å². The summed E-state index contributed by atoms with van der Waals surface area (Å²) in [4.78, 5) is 10.9. The van der Waals surface area contributed by atoms with Gasteiger partial charge in [-0.05, 0) is 38.5 Å². The molecule has 0 aromatic heterocycles. The van der Waals surface area contributed by atoms with E-state index >= 15 is 0 Å². The minimum atomic E-state index is -0.678. The van der Waals surface area contributed by atoms with Gasteiger partial charge in [0, 0.05) is 0 Å². The predicted molar refractivity (Wildman–Crippen MR) is 67.3 cm³/mol. The molecule has 2 unspecified atom stereocenters. The zero-order valence-corrected chi connectivity index (χ0v) is 10.9. The van der Waals surface area contributed by atoms with E-state index in [9.17, 15) is 9.90 Å². The Morgan fingerprint density at radius 2 is 1.61 bits per heavy atom. The number of carboxylic acid groups (broad SMARTS) is 1. The molecular formula is C14H24O4. The predicted octanol–water partition coefficient (Wildman–Crippen LogP) is 2.34. The van der Waals surface area contributed by atoms with Crippen LogP contribution in [0.2, 0.25) is 0 Å². The summed E-state index contributed by atoms with van der Waals surface area (Å²) in [6, 6.07) is 0. The van der Waals surface area contributed by atoms with Gasteiger partial charge in [-0.3, -0.25) is 4.79 Å². The Balaban J connectivity index is 1.78. The van der Waals surface area contributed by atoms with E-state index in [0.717, 1.165) is 38.5 Å². The summed E-state index contributed by atoms with van der Waals surface area (Å²) in [5.74, 6) is -0.869. The van der Waals surface area contributed by atoms with Crippen molar-refractivity contribution in [2.24, 2.45) is 5.92 Å². The quantitative estimate of drug-likeness (QED) is 0.761. The first-order valence-electron chi connectivity index (χ1n) is 7.23. The molecule has 2 aliphatic rings. The number of aliphatic hydroxyl groups excluding tert-OH is 1. The Bertz CT molecular complexity index is 271. The SMILES string of the molecule is O=C(O)C1CCC(OC2CCCCCC2O)CC1. The first kappa shape index (κ1) is 13.8. The summed E-state index contributed by atoms with van der Waals surface area (Å²) in [6.45, 7) is 0. The maximum absolute atomic E-state index is 10.9. The summed E-state index contributed by atoms with van der Waals surface area (Å²) in [5, 5.41) is 18.9. The number of rotatable bonds is 3. The molecule has 2 atom stereocenters. The number of aliphatic carboxylic acids is 1. The zero-order valence-electron chi connectivity index (χ0n) is 10.9. The molecule has 104 valence electrons. The van der Waals surface area contributed by atoms with Crippen LogP contribution in [0.3, 0.4) is 0 Å². The molecule has 2 saturated carbocycles. The highest BCUT2D eigenvalue weighted by atomic mass is 16.5. The van der Waals surface area contributed by atoms with Gasteiger partial charge in [0.1, 0.15) is 0 Å². The molecule has 0 spiro atoms. The van der Waals surface area contributed by atoms with Crippen LogP contribution in [0, 0.1) is 5.92 Å². The lowest BCUT2D eigenvalue weighted by Gasteiger charge is -2.31. The van der Waals surface area contributed by atoms with Crippen LogP contribution in [0.15, 0.2) is 0 Å². The number of hydrogen-bond donors (Lipinski definition) is 2. The Hall–Kier alpha value is -0.610. The fraction of sp³-hybridized carbons (Fsp3) is 0.929. The van der Waals surface area contributed by atoms with Crippen molar-refractivity contribution in [3.05, 3.63) is 0 Å². The standard InChI is InChI=1S/C14H24O4/c15-12-4-2-1-3-5-13(12)18-11-8-6-10(7-9-11)14(16)17/h10-13,15H,1-9H2,(H,16,17). The zero-order chi connectivity index (χ0) is 13.0. The molecule has 2 aliphatic carbocycles. The normalized spacial score (nSPS) is 38.1. The molecule has 0 aromatic carbocycles. The fourth-order valence-electron chi connectivity index (χ4n) is 3.11. The lowest BCUT2D eigenvalue weighted by atomic mass is 9.87. The van der Waals surface area contributed by atoms with Gasteiger partial charge < -0.3 is 14.9 Å². The minimum absolute atomic E-state index is 0.0288. The molecule has 2 fully saturated rings. The van der Waals surface area contributed by atoms with Gasteiger partial charge in [0.15, 0.2) is 0 Å². The third-order valence-corrected chi connectivity index (χ3v) is 4.31. The summed E-state index contributed by atoms with van der Waals surface area (Å²) < 4.78 is 6.01. The number of hydrogen-bond acceptors (Lipinski definition) is 3. The maximum Gasteiger partial charge on any atom is 0.306 e. The summed E-state index contributed by atoms with van der Waals surface area (Å²) in [6.07, 6.45) is 8.05. The molecule has 0 heterocycles. The third-order valence-electron chi connectivity index (χ3n) is 4.31. The van der Waals surface area contributed by atoms with Crippen LogP contribution in [-0.2, 0) is 9.53 Å². The summed E-state index contributed by atoms with van der Waals surface area (Å²) >= 11 is 0. The number of carbonyl (C=O) groups is 1. The Kier molecular flexibility index (Phi) is 5.01. The Morgan fingerprint density at radius 3 is 2.28 bits per heavy atom. The van der Waals surface area contributed by atoms with Gasteiger partial charge in [0.05, 0.1) is 24.2 Å². The van der Waals surface area contributed by atoms with E-state index in [1.807, 2.05) is 0 Å². The van der Waals surface area contributed by atoms with E-state index in [-0.39, 0.29) is 24.2 Å². The van der Waals surface area contributed by atoms with Gasteiger partial charge >= 0.3 is 5.97 Å². The van der Waals surface area contributed by atoms with Gasteiger partial charge in [-0.2, -0.15) is 0 Å². The molecule has 2 rings (SSSR count). The van der Waals surface area contributed by atoms with Crippen LogP contribution in [0.4, 0.5) is 0 Å². The number of ether oxygens (including phenoxy) is 1. The second-order valence-electron chi connectivity index (χ2n) is 5.69. The maximum atomic E-state index is 10.9. The van der Waals surface area contributed by atoms with E-state index < -0.39 is 5.97 Å². The minimum Gasteiger partial charge on any atom is -0.481 e. The van der Waals surface area contributed by atoms with Crippen LogP contribution >= 0.6 is 0 Å². The van der Waals surface area contributed by atoms with Crippen molar-refractivity contribution in [3.8, 4) is 0 Å². The van der Waals surface area contributed by atoms with Crippen molar-refractivity contribution in [3.63, 3.8) is 0 Å². The van der Waals surface area contributed by atoms with Gasteiger partial charge in [0.2, 0.25) is 0 Å². The van der Waals surface area contributed by atoms with E-state index in [2.05, 4.69) is 0 Å². The highest BCUT2D eigenvalue weighted by Crippen LogP contribution is 2.30. The molecule has 0 amide bonds. The average Bonchev–Trinajstić information content (AvgIpc) is 2.56. The van der Waals surface area contributed by atoms with E-state index in [4.69, 9.17) is 9.84 Å². The van der Waals surface area contributed by atoms with Crippen molar-refractivity contribution in [2.75, 3.05) is 0 Å². The van der Waals surface area contributed by atoms with Crippen LogP contribution in [0.25, 0.3) is 0 Å². The number of aliphatic hydroxyl groups is 1. The lowest BCUT2D eigenvalue weighted by molar-refractivity contribution is -0.145. The van der Waals surface area contributed by atoms with Gasteiger partial charge in [-0.25, -0.2) is 0 Å². The molecule has 0 aromatic rings. The molecule has 0 bridgehead atoms. The smallest absolute Gasteiger partial charge is 0.306 e. The van der Waals surface area contributed by atoms with Crippen molar-refractivity contribution in [1.29, 1.82) is 0 Å². The Morgan fingerprint density at radius 1 is 0.944 bits per heavy atom. The molecular weight excluding hydrogens is 232 g/mol. The fourth-order valence-corrected chi connectivity index (χ4v) is 3.11. The van der Waals surface area contributed by atoms with E-state index in [1.54, 1.807) is 0 Å². The molecule has 4 heteroatoms. The first-order chi connectivity index (χ1) is 8.66. The Labute approximate surface area is 108 Å². The van der Waals surface area contributed by atoms with Gasteiger partial charge in [-0.15, -0.1) is 0 Å². The van der Waals surface area contributed by atoms with Crippen molar-refractivity contribution >= 4 is 5.97 Å². The van der Waals surface area contributed by atoms with E-state index in [0.29, 0.717) is 12.8 Å².